The molecule has 3 aromatic heterocycles. The Labute approximate surface area is 186 Å². The molecule has 5 nitrogen and oxygen atoms in total. The number of aryl methyl sites for hydroxylation is 2. The molecule has 0 saturated heterocycles. The van der Waals surface area contributed by atoms with Crippen molar-refractivity contribution in [1.29, 1.82) is 0 Å². The topological polar surface area (TPSA) is 73.9 Å². The van der Waals surface area contributed by atoms with Gasteiger partial charge < -0.3 is 10.5 Å². The summed E-state index contributed by atoms with van der Waals surface area (Å²) in [6, 6.07) is 23.6. The molecule has 2 aromatic carbocycles. The Kier molecular flexibility index (Phi) is 5.00. The van der Waals surface area contributed by atoms with Gasteiger partial charge in [0.2, 0.25) is 0 Å². The molecule has 0 atom stereocenters. The molecule has 5 aromatic rings. The highest BCUT2D eigenvalue weighted by molar-refractivity contribution is 5.90. The van der Waals surface area contributed by atoms with Crippen LogP contribution in [0, 0.1) is 13.8 Å². The third-order valence-corrected chi connectivity index (χ3v) is 5.48. The molecule has 5 rings (SSSR count). The Morgan fingerprint density at radius 1 is 0.750 bits per heavy atom. The van der Waals surface area contributed by atoms with Crippen molar-refractivity contribution >= 4 is 16.6 Å². The molecule has 5 heteroatoms. The second kappa shape index (κ2) is 8.12. The van der Waals surface area contributed by atoms with Crippen LogP contribution in [-0.2, 0) is 0 Å². The molecule has 156 valence electrons. The fourth-order valence-corrected chi connectivity index (χ4v) is 3.67. The van der Waals surface area contributed by atoms with Crippen LogP contribution in [0.25, 0.3) is 33.4 Å². The van der Waals surface area contributed by atoms with Crippen LogP contribution in [0.15, 0.2) is 85.2 Å². The molecule has 0 bridgehead atoms. The molecule has 2 N–H and O–H groups in total. The molecule has 0 unspecified atom stereocenters. The highest BCUT2D eigenvalue weighted by Crippen LogP contribution is 2.36. The number of benzene rings is 2. The summed E-state index contributed by atoms with van der Waals surface area (Å²) in [4.78, 5) is 13.8. The van der Waals surface area contributed by atoms with Gasteiger partial charge in [0.05, 0.1) is 11.2 Å². The minimum absolute atomic E-state index is 0.661. The van der Waals surface area contributed by atoms with Crippen LogP contribution in [-0.4, -0.2) is 15.0 Å². The Hall–Kier alpha value is -4.25. The van der Waals surface area contributed by atoms with E-state index in [1.165, 1.54) is 0 Å². The molecule has 0 aliphatic rings. The fourth-order valence-electron chi connectivity index (χ4n) is 3.67. The van der Waals surface area contributed by atoms with Gasteiger partial charge in [-0.3, -0.25) is 9.97 Å². The summed E-state index contributed by atoms with van der Waals surface area (Å²) >= 11 is 0. The maximum Gasteiger partial charge on any atom is 0.155 e. The zero-order valence-electron chi connectivity index (χ0n) is 17.9. The summed E-state index contributed by atoms with van der Waals surface area (Å²) in [5, 5.41) is 0.914. The van der Waals surface area contributed by atoms with E-state index in [4.69, 9.17) is 15.5 Å². The van der Waals surface area contributed by atoms with Gasteiger partial charge in [-0.25, -0.2) is 4.98 Å². The molecule has 32 heavy (non-hydrogen) atoms. The third-order valence-electron chi connectivity index (χ3n) is 5.48. The predicted molar refractivity (Wildman–Crippen MR) is 129 cm³/mol. The zero-order valence-corrected chi connectivity index (χ0v) is 17.9. The first-order valence-corrected chi connectivity index (χ1v) is 10.4. The lowest BCUT2D eigenvalue weighted by atomic mass is 10.0. The van der Waals surface area contributed by atoms with Crippen molar-refractivity contribution in [3.63, 3.8) is 0 Å². The average Bonchev–Trinajstić information content (AvgIpc) is 2.82. The van der Waals surface area contributed by atoms with Crippen LogP contribution >= 0.6 is 0 Å². The number of fused-ring (bicyclic) bond motifs is 1. The fraction of sp³-hybridized carbons (Fsp3) is 0.0741. The molecule has 0 aliphatic carbocycles. The van der Waals surface area contributed by atoms with Crippen molar-refractivity contribution in [2.75, 3.05) is 5.73 Å². The number of anilines is 1. The van der Waals surface area contributed by atoms with E-state index < -0.39 is 0 Å². The van der Waals surface area contributed by atoms with Gasteiger partial charge in [-0.05, 0) is 79.1 Å². The number of hydrogen-bond donors (Lipinski definition) is 1. The second-order valence-corrected chi connectivity index (χ2v) is 7.72. The Bertz CT molecular complexity index is 1430. The molecule has 0 saturated carbocycles. The van der Waals surface area contributed by atoms with E-state index in [9.17, 15) is 0 Å². The van der Waals surface area contributed by atoms with Crippen molar-refractivity contribution in [3.05, 3.63) is 96.4 Å². The van der Waals surface area contributed by atoms with Gasteiger partial charge in [0.1, 0.15) is 11.4 Å². The number of pyridine rings is 3. The minimum Gasteiger partial charge on any atom is -0.454 e. The third kappa shape index (κ3) is 3.76. The van der Waals surface area contributed by atoms with Crippen LogP contribution in [0.1, 0.15) is 11.3 Å². The van der Waals surface area contributed by atoms with Crippen molar-refractivity contribution in [2.45, 2.75) is 13.8 Å². The van der Waals surface area contributed by atoms with Crippen molar-refractivity contribution in [1.82, 2.24) is 15.0 Å². The largest absolute Gasteiger partial charge is 0.454 e. The minimum atomic E-state index is 0.661. The molecule has 3 heterocycles. The van der Waals surface area contributed by atoms with Crippen LogP contribution in [0.3, 0.4) is 0 Å². The van der Waals surface area contributed by atoms with Crippen molar-refractivity contribution in [2.24, 2.45) is 0 Å². The normalized spacial score (nSPS) is 10.9. The molecule has 0 radical (unpaired) electrons. The lowest BCUT2D eigenvalue weighted by molar-refractivity contribution is 0.486. The first-order valence-electron chi connectivity index (χ1n) is 10.4. The number of hydrogen-bond acceptors (Lipinski definition) is 5. The number of nitrogen functional groups attached to an aromatic ring is 1. The Morgan fingerprint density at radius 2 is 1.62 bits per heavy atom. The van der Waals surface area contributed by atoms with Gasteiger partial charge in [0.15, 0.2) is 5.75 Å². The zero-order chi connectivity index (χ0) is 22.1. The van der Waals surface area contributed by atoms with E-state index in [1.54, 1.807) is 12.4 Å². The van der Waals surface area contributed by atoms with Crippen molar-refractivity contribution < 1.29 is 4.74 Å². The van der Waals surface area contributed by atoms with Gasteiger partial charge >= 0.3 is 0 Å². The predicted octanol–water partition coefficient (Wildman–Crippen LogP) is 6.35. The van der Waals surface area contributed by atoms with Gasteiger partial charge in [-0.2, -0.15) is 0 Å². The number of nitrogens with two attached hydrogens (primary N) is 1. The second-order valence-electron chi connectivity index (χ2n) is 7.72. The monoisotopic (exact) mass is 418 g/mol. The van der Waals surface area contributed by atoms with Crippen molar-refractivity contribution in [3.8, 4) is 34.0 Å². The van der Waals surface area contributed by atoms with Gasteiger partial charge in [-0.15, -0.1) is 0 Å². The smallest absolute Gasteiger partial charge is 0.155 e. The van der Waals surface area contributed by atoms with E-state index in [0.29, 0.717) is 17.2 Å². The number of rotatable bonds is 4. The molecule has 0 amide bonds. The number of ether oxygens (including phenoxy) is 1. The summed E-state index contributed by atoms with van der Waals surface area (Å²) in [5.41, 5.74) is 13.1. The summed E-state index contributed by atoms with van der Waals surface area (Å²) in [5.74, 6) is 1.37. The van der Waals surface area contributed by atoms with Crippen LogP contribution in [0.2, 0.25) is 0 Å². The maximum atomic E-state index is 6.46. The first-order chi connectivity index (χ1) is 15.6. The quantitative estimate of drug-likeness (QED) is 0.344. The molecule has 0 aliphatic heterocycles. The lowest BCUT2D eigenvalue weighted by Gasteiger charge is -2.14. The van der Waals surface area contributed by atoms with E-state index in [-0.39, 0.29) is 0 Å². The highest BCUT2D eigenvalue weighted by atomic mass is 16.5. The van der Waals surface area contributed by atoms with Gasteiger partial charge in [0.25, 0.3) is 0 Å². The Balaban J connectivity index is 1.63. The SMILES string of the molecule is Cc1cc(Oc2ccnc3ccc(-c4cccc(N)c4)cc23)c(-c2ccccn2)nc1C. The van der Waals surface area contributed by atoms with E-state index in [2.05, 4.69) is 16.0 Å². The summed E-state index contributed by atoms with van der Waals surface area (Å²) in [7, 11) is 0. The van der Waals surface area contributed by atoms with Gasteiger partial charge in [0, 0.05) is 29.2 Å². The number of aromatic nitrogens is 3. The molecular weight excluding hydrogens is 396 g/mol. The molecule has 0 fully saturated rings. The van der Waals surface area contributed by atoms with E-state index >= 15 is 0 Å². The molecular formula is C27H22N4O. The summed E-state index contributed by atoms with van der Waals surface area (Å²) < 4.78 is 6.46. The first kappa shape index (κ1) is 19.7. The van der Waals surface area contributed by atoms with Crippen LogP contribution in [0.5, 0.6) is 11.5 Å². The Morgan fingerprint density at radius 3 is 2.44 bits per heavy atom. The average molecular weight is 419 g/mol. The van der Waals surface area contributed by atoms with Crippen LogP contribution in [0.4, 0.5) is 5.69 Å². The van der Waals surface area contributed by atoms with E-state index in [0.717, 1.165) is 44.7 Å². The van der Waals surface area contributed by atoms with E-state index in [1.807, 2.05) is 80.6 Å². The lowest BCUT2D eigenvalue weighted by Crippen LogP contribution is -1.98. The highest BCUT2D eigenvalue weighted by Gasteiger charge is 2.15. The standard InChI is InChI=1S/C27H22N4O/c1-17-14-26(27(31-18(17)2)24-8-3-4-12-29-24)32-25-11-13-30-23-10-9-20(16-22(23)25)19-6-5-7-21(28)15-19/h3-16H,28H2,1-2H3. The summed E-state index contributed by atoms with van der Waals surface area (Å²) in [6.07, 6.45) is 3.52. The van der Waals surface area contributed by atoms with Gasteiger partial charge in [-0.1, -0.05) is 24.3 Å². The maximum absolute atomic E-state index is 6.46. The number of nitrogens with zero attached hydrogens (tertiary/aromatic N) is 3. The van der Waals surface area contributed by atoms with Crippen LogP contribution < -0.4 is 10.5 Å². The molecule has 0 spiro atoms. The summed E-state index contributed by atoms with van der Waals surface area (Å²) in [6.45, 7) is 4.02.